The number of amides is 2. The van der Waals surface area contributed by atoms with Crippen LogP contribution in [0.1, 0.15) is 38.1 Å². The number of carbonyl (C=O) groups excluding carboxylic acids is 2. The zero-order valence-electron chi connectivity index (χ0n) is 16.6. The van der Waals surface area contributed by atoms with E-state index in [1.54, 1.807) is 25.4 Å². The fraction of sp³-hybridized carbons (Fsp3) is 0.304. The third-order valence-corrected chi connectivity index (χ3v) is 6.15. The smallest absolute Gasteiger partial charge is 0.257 e. The number of likely N-dealkylation sites (tertiary alicyclic amines) is 2. The first-order valence-corrected chi connectivity index (χ1v) is 10.1. The molecule has 2 aliphatic rings. The standard InChI is InChI=1S/C23H22N4O3/c1-15-24-9-18(10-25-15)22(28)26-11-19-12-27(23(29)17-7-8-30-14-17)21(20(19)13-26)16-5-3-2-4-6-16/h2-10,14,19-21H,11-13H2,1H3/t19-,20-,21+/m0/s1. The molecule has 1 aromatic carbocycles. The Balaban J connectivity index is 1.42. The summed E-state index contributed by atoms with van der Waals surface area (Å²) >= 11 is 0. The van der Waals surface area contributed by atoms with Crippen LogP contribution in [0.5, 0.6) is 0 Å². The van der Waals surface area contributed by atoms with E-state index in [2.05, 4.69) is 22.1 Å². The molecule has 7 heteroatoms. The van der Waals surface area contributed by atoms with E-state index in [9.17, 15) is 9.59 Å². The van der Waals surface area contributed by atoms with Gasteiger partial charge in [-0.05, 0) is 18.6 Å². The normalized spacial score (nSPS) is 22.9. The average molecular weight is 402 g/mol. The van der Waals surface area contributed by atoms with Crippen LogP contribution in [0, 0.1) is 18.8 Å². The molecule has 2 saturated heterocycles. The summed E-state index contributed by atoms with van der Waals surface area (Å²) in [5, 5.41) is 0. The molecule has 5 rings (SSSR count). The van der Waals surface area contributed by atoms with Crippen LogP contribution in [0.4, 0.5) is 0 Å². The van der Waals surface area contributed by atoms with Crippen molar-refractivity contribution >= 4 is 11.8 Å². The summed E-state index contributed by atoms with van der Waals surface area (Å²) in [6.45, 7) is 3.63. The van der Waals surface area contributed by atoms with Gasteiger partial charge in [0.15, 0.2) is 0 Å². The fourth-order valence-corrected chi connectivity index (χ4v) is 4.73. The van der Waals surface area contributed by atoms with Crippen molar-refractivity contribution in [2.24, 2.45) is 11.8 Å². The van der Waals surface area contributed by atoms with E-state index in [0.717, 1.165) is 5.56 Å². The molecule has 3 aromatic rings. The molecule has 152 valence electrons. The minimum absolute atomic E-state index is 0.0307. The van der Waals surface area contributed by atoms with E-state index in [4.69, 9.17) is 4.42 Å². The molecular weight excluding hydrogens is 380 g/mol. The number of rotatable bonds is 3. The highest BCUT2D eigenvalue weighted by Gasteiger charge is 2.50. The second-order valence-corrected chi connectivity index (χ2v) is 7.98. The average Bonchev–Trinajstić information content (AvgIpc) is 3.50. The number of aryl methyl sites for hydroxylation is 1. The summed E-state index contributed by atoms with van der Waals surface area (Å²) in [7, 11) is 0. The summed E-state index contributed by atoms with van der Waals surface area (Å²) in [5.41, 5.74) is 2.15. The van der Waals surface area contributed by atoms with Crippen molar-refractivity contribution < 1.29 is 14.0 Å². The molecule has 2 fully saturated rings. The minimum atomic E-state index is -0.0781. The fourth-order valence-electron chi connectivity index (χ4n) is 4.73. The lowest BCUT2D eigenvalue weighted by molar-refractivity contribution is 0.0676. The predicted molar refractivity (Wildman–Crippen MR) is 109 cm³/mol. The third kappa shape index (κ3) is 3.16. The Morgan fingerprint density at radius 1 is 0.967 bits per heavy atom. The number of nitrogens with zero attached hydrogens (tertiary/aromatic N) is 4. The predicted octanol–water partition coefficient (Wildman–Crippen LogP) is 2.96. The second kappa shape index (κ2) is 7.40. The number of fused-ring (bicyclic) bond motifs is 1. The second-order valence-electron chi connectivity index (χ2n) is 7.98. The number of furan rings is 1. The lowest BCUT2D eigenvalue weighted by Gasteiger charge is -2.29. The molecule has 30 heavy (non-hydrogen) atoms. The van der Waals surface area contributed by atoms with Gasteiger partial charge in [0.1, 0.15) is 12.1 Å². The van der Waals surface area contributed by atoms with E-state index in [-0.39, 0.29) is 29.7 Å². The maximum Gasteiger partial charge on any atom is 0.257 e. The highest BCUT2D eigenvalue weighted by Crippen LogP contribution is 2.45. The van der Waals surface area contributed by atoms with Crippen molar-refractivity contribution in [3.8, 4) is 0 Å². The van der Waals surface area contributed by atoms with Gasteiger partial charge in [-0.2, -0.15) is 0 Å². The van der Waals surface area contributed by atoms with Gasteiger partial charge in [0.25, 0.3) is 11.8 Å². The Bertz CT molecular complexity index is 1050. The molecule has 2 aliphatic heterocycles. The first-order chi connectivity index (χ1) is 14.6. The number of hydrogen-bond donors (Lipinski definition) is 0. The monoisotopic (exact) mass is 402 g/mol. The van der Waals surface area contributed by atoms with Gasteiger partial charge in [-0.15, -0.1) is 0 Å². The van der Waals surface area contributed by atoms with Gasteiger partial charge in [-0.3, -0.25) is 9.59 Å². The summed E-state index contributed by atoms with van der Waals surface area (Å²) < 4.78 is 5.12. The van der Waals surface area contributed by atoms with Gasteiger partial charge < -0.3 is 14.2 Å². The number of hydrogen-bond acceptors (Lipinski definition) is 5. The topological polar surface area (TPSA) is 79.5 Å². The van der Waals surface area contributed by atoms with Crippen LogP contribution in [0.3, 0.4) is 0 Å². The van der Waals surface area contributed by atoms with Gasteiger partial charge in [-0.1, -0.05) is 30.3 Å². The molecule has 7 nitrogen and oxygen atoms in total. The quantitative estimate of drug-likeness (QED) is 0.673. The summed E-state index contributed by atoms with van der Waals surface area (Å²) in [6.07, 6.45) is 6.18. The SMILES string of the molecule is Cc1ncc(C(=O)N2C[C@H]3CN(C(=O)c4ccoc4)[C@H](c4ccccc4)[C@H]3C2)cn1. The van der Waals surface area contributed by atoms with Crippen LogP contribution in [0.2, 0.25) is 0 Å². The van der Waals surface area contributed by atoms with Gasteiger partial charge >= 0.3 is 0 Å². The molecule has 4 heterocycles. The zero-order chi connectivity index (χ0) is 20.7. The molecule has 0 spiro atoms. The molecule has 0 bridgehead atoms. The highest BCUT2D eigenvalue weighted by molar-refractivity contribution is 5.95. The highest BCUT2D eigenvalue weighted by atomic mass is 16.3. The van der Waals surface area contributed by atoms with Crippen molar-refractivity contribution in [1.29, 1.82) is 0 Å². The van der Waals surface area contributed by atoms with E-state index in [1.807, 2.05) is 28.0 Å². The van der Waals surface area contributed by atoms with Crippen LogP contribution in [0.25, 0.3) is 0 Å². The van der Waals surface area contributed by atoms with E-state index < -0.39 is 0 Å². The lowest BCUT2D eigenvalue weighted by atomic mass is 9.89. The minimum Gasteiger partial charge on any atom is -0.472 e. The van der Waals surface area contributed by atoms with Crippen molar-refractivity contribution in [2.75, 3.05) is 19.6 Å². The van der Waals surface area contributed by atoms with Crippen LogP contribution in [-0.4, -0.2) is 51.2 Å². The molecule has 0 saturated carbocycles. The van der Waals surface area contributed by atoms with Crippen molar-refractivity contribution in [3.05, 3.63) is 83.8 Å². The van der Waals surface area contributed by atoms with Crippen molar-refractivity contribution in [1.82, 2.24) is 19.8 Å². The Morgan fingerprint density at radius 3 is 2.43 bits per heavy atom. The number of carbonyl (C=O) groups is 2. The van der Waals surface area contributed by atoms with Crippen LogP contribution in [0.15, 0.2) is 65.7 Å². The molecule has 2 aromatic heterocycles. The summed E-state index contributed by atoms with van der Waals surface area (Å²) in [4.78, 5) is 38.3. The first-order valence-electron chi connectivity index (χ1n) is 10.1. The number of aromatic nitrogens is 2. The van der Waals surface area contributed by atoms with Crippen molar-refractivity contribution in [2.45, 2.75) is 13.0 Å². The zero-order valence-corrected chi connectivity index (χ0v) is 16.6. The summed E-state index contributed by atoms with van der Waals surface area (Å²) in [6, 6.07) is 11.7. The van der Waals surface area contributed by atoms with Crippen LogP contribution < -0.4 is 0 Å². The van der Waals surface area contributed by atoms with Gasteiger partial charge in [0.05, 0.1) is 23.4 Å². The Kier molecular flexibility index (Phi) is 4.58. The molecule has 0 unspecified atom stereocenters. The van der Waals surface area contributed by atoms with Gasteiger partial charge in [0.2, 0.25) is 0 Å². The number of benzene rings is 1. The van der Waals surface area contributed by atoms with E-state index in [0.29, 0.717) is 36.6 Å². The maximum atomic E-state index is 13.2. The van der Waals surface area contributed by atoms with Gasteiger partial charge in [-0.25, -0.2) is 9.97 Å². The third-order valence-electron chi connectivity index (χ3n) is 6.15. The Labute approximate surface area is 174 Å². The Hall–Kier alpha value is -3.48. The molecule has 2 amide bonds. The molecular formula is C23H22N4O3. The lowest BCUT2D eigenvalue weighted by Crippen LogP contribution is -2.37. The van der Waals surface area contributed by atoms with Crippen molar-refractivity contribution in [3.63, 3.8) is 0 Å². The van der Waals surface area contributed by atoms with Crippen LogP contribution in [-0.2, 0) is 0 Å². The van der Waals surface area contributed by atoms with E-state index in [1.165, 1.54) is 12.5 Å². The molecule has 0 aliphatic carbocycles. The summed E-state index contributed by atoms with van der Waals surface area (Å²) in [5.74, 6) is 0.961. The molecule has 0 N–H and O–H groups in total. The molecule has 3 atom stereocenters. The first kappa shape index (κ1) is 18.5. The Morgan fingerprint density at radius 2 is 1.73 bits per heavy atom. The van der Waals surface area contributed by atoms with Crippen LogP contribution >= 0.6 is 0 Å². The largest absolute Gasteiger partial charge is 0.472 e. The van der Waals surface area contributed by atoms with E-state index >= 15 is 0 Å². The maximum absolute atomic E-state index is 13.2. The molecule has 0 radical (unpaired) electrons. The van der Waals surface area contributed by atoms with Gasteiger partial charge in [0, 0.05) is 43.9 Å².